The summed E-state index contributed by atoms with van der Waals surface area (Å²) in [5, 5.41) is 6.64. The van der Waals surface area contributed by atoms with Gasteiger partial charge in [0.25, 0.3) is 5.91 Å². The second-order valence-electron chi connectivity index (χ2n) is 5.23. The van der Waals surface area contributed by atoms with Crippen LogP contribution in [-0.2, 0) is 7.05 Å². The van der Waals surface area contributed by atoms with Crippen molar-refractivity contribution in [2.75, 3.05) is 6.26 Å². The molecule has 3 rings (SSSR count). The fraction of sp³-hybridized carbons (Fsp3) is 0.250. The summed E-state index contributed by atoms with van der Waals surface area (Å²) >= 11 is 9.23. The Morgan fingerprint density at radius 1 is 1.43 bits per heavy atom. The van der Waals surface area contributed by atoms with Gasteiger partial charge in [-0.05, 0) is 31.4 Å². The predicted octanol–water partition coefficient (Wildman–Crippen LogP) is 4.50. The summed E-state index contributed by atoms with van der Waals surface area (Å²) in [5.41, 5.74) is 2.43. The molecule has 1 unspecified atom stereocenters. The monoisotopic (exact) mass is 365 g/mol. The number of aromatic nitrogens is 2. The number of benzene rings is 1. The highest BCUT2D eigenvalue weighted by atomic mass is 35.5. The summed E-state index contributed by atoms with van der Waals surface area (Å²) in [6.07, 6.45) is 1.99. The summed E-state index contributed by atoms with van der Waals surface area (Å²) in [5.74, 6) is -0.119. The fourth-order valence-electron chi connectivity index (χ4n) is 2.43. The number of thiazole rings is 1. The van der Waals surface area contributed by atoms with Crippen molar-refractivity contribution in [3.05, 3.63) is 46.1 Å². The van der Waals surface area contributed by atoms with E-state index in [4.69, 9.17) is 11.6 Å². The second-order valence-corrected chi connectivity index (χ2v) is 7.58. The van der Waals surface area contributed by atoms with Gasteiger partial charge in [0, 0.05) is 28.4 Å². The zero-order chi connectivity index (χ0) is 16.6. The van der Waals surface area contributed by atoms with Crippen LogP contribution in [0.2, 0.25) is 5.02 Å². The standard InChI is InChI=1S/C16H16ClN3OS2/c1-9(12-8-23-16(19-12)22-3)18-15(21)14-6-10-4-5-11(17)7-13(10)20(14)2/h4-9H,1-3H3,(H,18,21). The van der Waals surface area contributed by atoms with Gasteiger partial charge in [-0.25, -0.2) is 4.98 Å². The third-order valence-corrected chi connectivity index (χ3v) is 5.82. The Morgan fingerprint density at radius 2 is 2.22 bits per heavy atom. The van der Waals surface area contributed by atoms with E-state index in [9.17, 15) is 4.79 Å². The normalized spacial score (nSPS) is 12.5. The zero-order valence-corrected chi connectivity index (χ0v) is 15.4. The van der Waals surface area contributed by atoms with E-state index in [-0.39, 0.29) is 11.9 Å². The minimum Gasteiger partial charge on any atom is -0.343 e. The first-order valence-electron chi connectivity index (χ1n) is 7.05. The van der Waals surface area contributed by atoms with Gasteiger partial charge < -0.3 is 9.88 Å². The molecule has 0 saturated heterocycles. The fourth-order valence-corrected chi connectivity index (χ4v) is 3.96. The van der Waals surface area contributed by atoms with Crippen LogP contribution in [0.1, 0.15) is 29.1 Å². The van der Waals surface area contributed by atoms with E-state index in [1.165, 1.54) is 0 Å². The van der Waals surface area contributed by atoms with Crippen molar-refractivity contribution in [1.29, 1.82) is 0 Å². The first-order chi connectivity index (χ1) is 11.0. The Bertz CT molecular complexity index is 871. The summed E-state index contributed by atoms with van der Waals surface area (Å²) < 4.78 is 2.86. The van der Waals surface area contributed by atoms with Gasteiger partial charge in [-0.1, -0.05) is 29.4 Å². The van der Waals surface area contributed by atoms with Crippen LogP contribution < -0.4 is 5.32 Å². The maximum absolute atomic E-state index is 12.6. The number of carbonyl (C=O) groups is 1. The number of amides is 1. The van der Waals surface area contributed by atoms with Crippen LogP contribution in [0.15, 0.2) is 34.0 Å². The molecular weight excluding hydrogens is 350 g/mol. The maximum Gasteiger partial charge on any atom is 0.268 e. The molecule has 120 valence electrons. The molecule has 0 aliphatic heterocycles. The summed E-state index contributed by atoms with van der Waals surface area (Å²) in [7, 11) is 1.87. The molecule has 0 spiro atoms. The summed E-state index contributed by atoms with van der Waals surface area (Å²) in [4.78, 5) is 17.1. The Kier molecular flexibility index (Phi) is 4.66. The van der Waals surface area contributed by atoms with Crippen molar-refractivity contribution in [3.8, 4) is 0 Å². The molecule has 2 heterocycles. The molecule has 7 heteroatoms. The van der Waals surface area contributed by atoms with Crippen molar-refractivity contribution < 1.29 is 4.79 Å². The van der Waals surface area contributed by atoms with E-state index >= 15 is 0 Å². The average Bonchev–Trinajstić information content (AvgIpc) is 3.13. The molecule has 2 aromatic heterocycles. The van der Waals surface area contributed by atoms with Crippen LogP contribution in [0.4, 0.5) is 0 Å². The number of aryl methyl sites for hydroxylation is 1. The number of halogens is 1. The van der Waals surface area contributed by atoms with Crippen molar-refractivity contribution in [3.63, 3.8) is 0 Å². The molecule has 23 heavy (non-hydrogen) atoms. The lowest BCUT2D eigenvalue weighted by Crippen LogP contribution is -2.28. The van der Waals surface area contributed by atoms with Gasteiger partial charge in [-0.15, -0.1) is 11.3 Å². The lowest BCUT2D eigenvalue weighted by Gasteiger charge is -2.12. The highest BCUT2D eigenvalue weighted by molar-refractivity contribution is 8.00. The lowest BCUT2D eigenvalue weighted by atomic mass is 10.2. The Labute approximate surface area is 147 Å². The third-order valence-electron chi connectivity index (χ3n) is 3.71. The van der Waals surface area contributed by atoms with Gasteiger partial charge in [0.2, 0.25) is 0 Å². The smallest absolute Gasteiger partial charge is 0.268 e. The molecule has 0 fully saturated rings. The highest BCUT2D eigenvalue weighted by Crippen LogP contribution is 2.25. The van der Waals surface area contributed by atoms with E-state index in [1.807, 2.05) is 54.4 Å². The quantitative estimate of drug-likeness (QED) is 0.692. The predicted molar refractivity (Wildman–Crippen MR) is 97.7 cm³/mol. The molecule has 4 nitrogen and oxygen atoms in total. The van der Waals surface area contributed by atoms with Gasteiger partial charge in [0.1, 0.15) is 10.0 Å². The number of fused-ring (bicyclic) bond motifs is 1. The lowest BCUT2D eigenvalue weighted by molar-refractivity contribution is 0.0931. The van der Waals surface area contributed by atoms with Crippen LogP contribution >= 0.6 is 34.7 Å². The third kappa shape index (κ3) is 3.24. The Morgan fingerprint density at radius 3 is 2.91 bits per heavy atom. The number of nitrogens with zero attached hydrogens (tertiary/aromatic N) is 2. The van der Waals surface area contributed by atoms with Crippen LogP contribution in [0, 0.1) is 0 Å². The number of thioether (sulfide) groups is 1. The molecule has 1 amide bonds. The number of hydrogen-bond donors (Lipinski definition) is 1. The van der Waals surface area contributed by atoms with Crippen molar-refractivity contribution in [2.45, 2.75) is 17.3 Å². The topological polar surface area (TPSA) is 46.9 Å². The number of carbonyl (C=O) groups excluding carboxylic acids is 1. The molecule has 1 N–H and O–H groups in total. The second kappa shape index (κ2) is 6.55. The summed E-state index contributed by atoms with van der Waals surface area (Å²) in [6, 6.07) is 7.35. The highest BCUT2D eigenvalue weighted by Gasteiger charge is 2.18. The maximum atomic E-state index is 12.6. The number of rotatable bonds is 4. The SMILES string of the molecule is CSc1nc(C(C)NC(=O)c2cc3ccc(Cl)cc3n2C)cs1. The Balaban J connectivity index is 1.84. The largest absolute Gasteiger partial charge is 0.343 e. The van der Waals surface area contributed by atoms with Crippen LogP contribution in [0.3, 0.4) is 0 Å². The minimum atomic E-state index is -0.138. The summed E-state index contributed by atoms with van der Waals surface area (Å²) in [6.45, 7) is 1.94. The molecular formula is C16H16ClN3OS2. The van der Waals surface area contributed by atoms with E-state index < -0.39 is 0 Å². The van der Waals surface area contributed by atoms with Gasteiger partial charge in [0.15, 0.2) is 0 Å². The molecule has 3 aromatic rings. The van der Waals surface area contributed by atoms with E-state index in [2.05, 4.69) is 10.3 Å². The zero-order valence-electron chi connectivity index (χ0n) is 13.0. The van der Waals surface area contributed by atoms with Gasteiger partial charge in [0.05, 0.1) is 11.7 Å². The van der Waals surface area contributed by atoms with Crippen molar-refractivity contribution in [2.24, 2.45) is 7.05 Å². The average molecular weight is 366 g/mol. The minimum absolute atomic E-state index is 0.119. The molecule has 1 aromatic carbocycles. The molecule has 0 radical (unpaired) electrons. The molecule has 0 aliphatic carbocycles. The Hall–Kier alpha value is -1.50. The van der Waals surface area contributed by atoms with E-state index in [0.717, 1.165) is 20.9 Å². The number of nitrogens with one attached hydrogen (secondary N) is 1. The van der Waals surface area contributed by atoms with Gasteiger partial charge in [-0.2, -0.15) is 0 Å². The van der Waals surface area contributed by atoms with Crippen LogP contribution in [-0.4, -0.2) is 21.7 Å². The first-order valence-corrected chi connectivity index (χ1v) is 9.53. The molecule has 0 aliphatic rings. The first kappa shape index (κ1) is 16.4. The van der Waals surface area contributed by atoms with Crippen molar-refractivity contribution >= 4 is 51.5 Å². The van der Waals surface area contributed by atoms with Crippen LogP contribution in [0.25, 0.3) is 10.9 Å². The molecule has 1 atom stereocenters. The van der Waals surface area contributed by atoms with Crippen molar-refractivity contribution in [1.82, 2.24) is 14.9 Å². The van der Waals surface area contributed by atoms with Gasteiger partial charge >= 0.3 is 0 Å². The van der Waals surface area contributed by atoms with E-state index in [1.54, 1.807) is 23.1 Å². The molecule has 0 bridgehead atoms. The molecule has 0 saturated carbocycles. The van der Waals surface area contributed by atoms with Crippen LogP contribution in [0.5, 0.6) is 0 Å². The van der Waals surface area contributed by atoms with E-state index in [0.29, 0.717) is 10.7 Å². The number of hydrogen-bond acceptors (Lipinski definition) is 4. The van der Waals surface area contributed by atoms with Gasteiger partial charge in [-0.3, -0.25) is 4.79 Å².